The molecule has 0 fully saturated rings. The van der Waals surface area contributed by atoms with Crippen molar-refractivity contribution < 1.29 is 19.2 Å². The fourth-order valence-electron chi connectivity index (χ4n) is 1.76. The lowest BCUT2D eigenvalue weighted by Gasteiger charge is -2.17. The Bertz CT molecular complexity index is 610. The normalized spacial score (nSPS) is 12.0. The zero-order valence-corrected chi connectivity index (χ0v) is 10.8. The van der Waals surface area contributed by atoms with Crippen LogP contribution in [0.3, 0.4) is 0 Å². The monoisotopic (exact) mass is 276 g/mol. The summed E-state index contributed by atoms with van der Waals surface area (Å²) >= 11 is 0. The number of hydrogen-bond acceptors (Lipinski definition) is 5. The Kier molecular flexibility index (Phi) is 4.21. The first-order valence-corrected chi connectivity index (χ1v) is 6.01. The molecule has 2 aromatic rings. The summed E-state index contributed by atoms with van der Waals surface area (Å²) in [7, 11) is -1.67. The van der Waals surface area contributed by atoms with E-state index in [1.807, 2.05) is 0 Å². The highest BCUT2D eigenvalue weighted by Gasteiger charge is 2.17. The van der Waals surface area contributed by atoms with Crippen molar-refractivity contribution in [2.75, 3.05) is 5.73 Å². The van der Waals surface area contributed by atoms with Crippen LogP contribution in [0.2, 0.25) is 0 Å². The smallest absolute Gasteiger partial charge is 0.482 e. The van der Waals surface area contributed by atoms with Crippen molar-refractivity contribution in [3.05, 3.63) is 47.9 Å². The molecular formula is C13H14BFN2O3. The molecule has 0 saturated carbocycles. The molecule has 4 N–H and O–H groups in total. The number of nitrogens with two attached hydrogens (primary N) is 1. The average molecular weight is 276 g/mol. The number of nitrogens with zero attached hydrogens (tertiary/aromatic N) is 1. The van der Waals surface area contributed by atoms with Crippen molar-refractivity contribution in [1.29, 1.82) is 0 Å². The van der Waals surface area contributed by atoms with Gasteiger partial charge < -0.3 is 20.5 Å². The first kappa shape index (κ1) is 14.3. The zero-order chi connectivity index (χ0) is 14.7. The molecule has 1 atom stereocenters. The maximum absolute atomic E-state index is 13.6. The Balaban J connectivity index is 2.25. The van der Waals surface area contributed by atoms with E-state index in [0.29, 0.717) is 5.56 Å². The van der Waals surface area contributed by atoms with E-state index in [4.69, 9.17) is 20.5 Å². The highest BCUT2D eigenvalue weighted by Crippen LogP contribution is 2.26. The lowest BCUT2D eigenvalue weighted by Crippen LogP contribution is -2.30. The minimum atomic E-state index is -1.67. The highest BCUT2D eigenvalue weighted by molar-refractivity contribution is 6.58. The van der Waals surface area contributed by atoms with E-state index in [-0.39, 0.29) is 22.8 Å². The molecule has 0 saturated heterocycles. The van der Waals surface area contributed by atoms with Crippen LogP contribution in [-0.4, -0.2) is 22.2 Å². The first-order valence-electron chi connectivity index (χ1n) is 6.01. The van der Waals surface area contributed by atoms with Crippen LogP contribution < -0.4 is 15.9 Å². The summed E-state index contributed by atoms with van der Waals surface area (Å²) < 4.78 is 19.2. The number of aromatic nitrogens is 1. The van der Waals surface area contributed by atoms with Gasteiger partial charge in [-0.05, 0) is 19.1 Å². The largest absolute Gasteiger partial charge is 0.490 e. The van der Waals surface area contributed by atoms with Gasteiger partial charge in [0.2, 0.25) is 0 Å². The molecule has 7 heteroatoms. The van der Waals surface area contributed by atoms with Crippen molar-refractivity contribution in [3.8, 4) is 5.75 Å². The van der Waals surface area contributed by atoms with Crippen LogP contribution in [0.25, 0.3) is 0 Å². The van der Waals surface area contributed by atoms with E-state index < -0.39 is 13.2 Å². The number of halogens is 1. The predicted octanol–water partition coefficient (Wildman–Crippen LogP) is 0.623. The first-order chi connectivity index (χ1) is 9.49. The molecule has 0 aliphatic rings. The molecule has 0 unspecified atom stereocenters. The standard InChI is InChI=1S/C13H14BFN2O3/c1-8(10-4-2-3-5-11(10)15)20-12-6-9(14(18)19)7-17-13(12)16/h2-8,18-19H,1H3,(H2,16,17)/t8-/m1/s1. The summed E-state index contributed by atoms with van der Waals surface area (Å²) in [5.41, 5.74) is 6.19. The third kappa shape index (κ3) is 3.07. The molecule has 5 nitrogen and oxygen atoms in total. The van der Waals surface area contributed by atoms with Crippen LogP contribution in [0.15, 0.2) is 36.5 Å². The van der Waals surface area contributed by atoms with Gasteiger partial charge in [-0.2, -0.15) is 0 Å². The summed E-state index contributed by atoms with van der Waals surface area (Å²) in [6, 6.07) is 7.60. The van der Waals surface area contributed by atoms with Crippen LogP contribution in [0.4, 0.5) is 10.2 Å². The SMILES string of the molecule is C[C@@H](Oc1cc(B(O)O)cnc1N)c1ccccc1F. The van der Waals surface area contributed by atoms with Gasteiger partial charge in [0.05, 0.1) is 0 Å². The molecule has 2 rings (SSSR count). The van der Waals surface area contributed by atoms with Crippen molar-refractivity contribution >= 4 is 18.4 Å². The van der Waals surface area contributed by atoms with Gasteiger partial charge in [-0.3, -0.25) is 0 Å². The van der Waals surface area contributed by atoms with Gasteiger partial charge in [-0.1, -0.05) is 18.2 Å². The van der Waals surface area contributed by atoms with E-state index in [1.54, 1.807) is 25.1 Å². The third-order valence-electron chi connectivity index (χ3n) is 2.85. The number of rotatable bonds is 4. The number of hydrogen-bond donors (Lipinski definition) is 3. The van der Waals surface area contributed by atoms with Gasteiger partial charge in [-0.25, -0.2) is 9.37 Å². The number of benzene rings is 1. The lowest BCUT2D eigenvalue weighted by molar-refractivity contribution is 0.222. The van der Waals surface area contributed by atoms with Crippen LogP contribution in [-0.2, 0) is 0 Å². The van der Waals surface area contributed by atoms with Crippen molar-refractivity contribution in [2.45, 2.75) is 13.0 Å². The molecule has 0 aliphatic heterocycles. The predicted molar refractivity (Wildman–Crippen MR) is 73.9 cm³/mol. The molecule has 1 aromatic carbocycles. The molecule has 20 heavy (non-hydrogen) atoms. The van der Waals surface area contributed by atoms with Gasteiger partial charge in [0.1, 0.15) is 11.9 Å². The second kappa shape index (κ2) is 5.89. The molecule has 0 amide bonds. The molecule has 1 aromatic heterocycles. The van der Waals surface area contributed by atoms with E-state index in [1.165, 1.54) is 18.3 Å². The minimum Gasteiger partial charge on any atom is -0.482 e. The van der Waals surface area contributed by atoms with Gasteiger partial charge in [0, 0.05) is 17.2 Å². The highest BCUT2D eigenvalue weighted by atomic mass is 19.1. The number of anilines is 1. The number of pyridine rings is 1. The fraction of sp³-hybridized carbons (Fsp3) is 0.154. The summed E-state index contributed by atoms with van der Waals surface area (Å²) in [5, 5.41) is 18.2. The quantitative estimate of drug-likeness (QED) is 0.712. The van der Waals surface area contributed by atoms with Crippen LogP contribution >= 0.6 is 0 Å². The van der Waals surface area contributed by atoms with Gasteiger partial charge in [0.25, 0.3) is 0 Å². The molecule has 0 spiro atoms. The third-order valence-corrected chi connectivity index (χ3v) is 2.85. The molecule has 104 valence electrons. The topological polar surface area (TPSA) is 88.6 Å². The molecule has 0 aliphatic carbocycles. The number of ether oxygens (including phenoxy) is 1. The second-order valence-electron chi connectivity index (χ2n) is 4.31. The Hall–Kier alpha value is -2.12. The summed E-state index contributed by atoms with van der Waals surface area (Å²) in [6.45, 7) is 1.67. The summed E-state index contributed by atoms with van der Waals surface area (Å²) in [6.07, 6.45) is 0.645. The Morgan fingerprint density at radius 1 is 1.35 bits per heavy atom. The average Bonchev–Trinajstić information content (AvgIpc) is 2.41. The molecule has 1 heterocycles. The van der Waals surface area contributed by atoms with E-state index in [2.05, 4.69) is 4.98 Å². The van der Waals surface area contributed by atoms with Gasteiger partial charge >= 0.3 is 7.12 Å². The van der Waals surface area contributed by atoms with Gasteiger partial charge in [-0.15, -0.1) is 0 Å². The summed E-state index contributed by atoms with van der Waals surface area (Å²) in [5.74, 6) is -0.117. The number of nitrogen functional groups attached to an aromatic ring is 1. The van der Waals surface area contributed by atoms with Crippen molar-refractivity contribution in [3.63, 3.8) is 0 Å². The molecule has 0 bridgehead atoms. The van der Waals surface area contributed by atoms with Crippen LogP contribution in [0.5, 0.6) is 5.75 Å². The molecule has 0 radical (unpaired) electrons. The van der Waals surface area contributed by atoms with Crippen molar-refractivity contribution in [1.82, 2.24) is 4.98 Å². The van der Waals surface area contributed by atoms with E-state index in [9.17, 15) is 4.39 Å². The van der Waals surface area contributed by atoms with Gasteiger partial charge in [0.15, 0.2) is 11.6 Å². The zero-order valence-electron chi connectivity index (χ0n) is 10.8. The Morgan fingerprint density at radius 3 is 2.70 bits per heavy atom. The summed E-state index contributed by atoms with van der Waals surface area (Å²) in [4.78, 5) is 3.81. The van der Waals surface area contributed by atoms with Crippen LogP contribution in [0.1, 0.15) is 18.6 Å². The molecular weight excluding hydrogens is 262 g/mol. The van der Waals surface area contributed by atoms with E-state index in [0.717, 1.165) is 0 Å². The maximum Gasteiger partial charge on any atom is 0.490 e. The van der Waals surface area contributed by atoms with Crippen molar-refractivity contribution in [2.24, 2.45) is 0 Å². The van der Waals surface area contributed by atoms with Crippen LogP contribution in [0, 0.1) is 5.82 Å². The fourth-order valence-corrected chi connectivity index (χ4v) is 1.76. The Morgan fingerprint density at radius 2 is 2.05 bits per heavy atom. The Labute approximate surface area is 116 Å². The second-order valence-corrected chi connectivity index (χ2v) is 4.31. The maximum atomic E-state index is 13.6. The van der Waals surface area contributed by atoms with E-state index >= 15 is 0 Å². The lowest BCUT2D eigenvalue weighted by atomic mass is 9.81. The minimum absolute atomic E-state index is 0.0950.